The summed E-state index contributed by atoms with van der Waals surface area (Å²) in [7, 11) is 3.99. The Morgan fingerprint density at radius 3 is 2.52 bits per heavy atom. The molecule has 1 saturated heterocycles. The van der Waals surface area contributed by atoms with Gasteiger partial charge >= 0.3 is 6.03 Å². The molecule has 0 aliphatic carbocycles. The number of urea groups is 1. The van der Waals surface area contributed by atoms with E-state index in [-0.39, 0.29) is 17.9 Å². The van der Waals surface area contributed by atoms with Crippen molar-refractivity contribution in [1.82, 2.24) is 20.0 Å². The first kappa shape index (κ1) is 21.7. The van der Waals surface area contributed by atoms with Gasteiger partial charge in [-0.05, 0) is 69.2 Å². The van der Waals surface area contributed by atoms with Crippen molar-refractivity contribution in [3.8, 4) is 0 Å². The third kappa shape index (κ3) is 6.52. The molecule has 0 spiro atoms. The number of nitrogens with one attached hydrogen (secondary N) is 1. The normalized spacial score (nSPS) is 15.6. The molecule has 2 aromatic rings. The smallest absolute Gasteiger partial charge is 0.317 e. The Kier molecular flexibility index (Phi) is 8.03. The van der Waals surface area contributed by atoms with Gasteiger partial charge in [-0.25, -0.2) is 9.18 Å². The highest BCUT2D eigenvalue weighted by Gasteiger charge is 2.25. The number of amides is 2. The quantitative estimate of drug-likeness (QED) is 0.673. The van der Waals surface area contributed by atoms with Crippen LogP contribution in [0.4, 0.5) is 9.18 Å². The molecule has 1 fully saturated rings. The van der Waals surface area contributed by atoms with Crippen molar-refractivity contribution in [2.45, 2.75) is 25.4 Å². The van der Waals surface area contributed by atoms with Crippen LogP contribution in [-0.2, 0) is 6.54 Å². The Balaban J connectivity index is 1.64. The lowest BCUT2D eigenvalue weighted by Crippen LogP contribution is -2.45. The molecule has 1 unspecified atom stereocenters. The predicted octanol–water partition coefficient (Wildman–Crippen LogP) is 3.80. The molecule has 1 atom stereocenters. The maximum atomic E-state index is 13.2. The first-order chi connectivity index (χ1) is 14.0. The van der Waals surface area contributed by atoms with Crippen molar-refractivity contribution in [3.05, 3.63) is 58.0 Å². The van der Waals surface area contributed by atoms with Crippen LogP contribution in [0.15, 0.2) is 41.8 Å². The summed E-state index contributed by atoms with van der Waals surface area (Å²) in [6.07, 6.45) is 2.44. The lowest BCUT2D eigenvalue weighted by Gasteiger charge is -2.29. The van der Waals surface area contributed by atoms with Crippen LogP contribution >= 0.6 is 11.3 Å². The van der Waals surface area contributed by atoms with Gasteiger partial charge in [-0.3, -0.25) is 4.90 Å². The molecular formula is C22H31FN4OS. The maximum absolute atomic E-state index is 13.2. The average Bonchev–Trinajstić information content (AvgIpc) is 3.41. The minimum atomic E-state index is -0.262. The van der Waals surface area contributed by atoms with Gasteiger partial charge < -0.3 is 15.1 Å². The molecule has 0 bridgehead atoms. The van der Waals surface area contributed by atoms with E-state index in [1.54, 1.807) is 23.5 Å². The summed E-state index contributed by atoms with van der Waals surface area (Å²) < 4.78 is 13.2. The first-order valence-electron chi connectivity index (χ1n) is 10.2. The highest BCUT2D eigenvalue weighted by atomic mass is 32.1. The zero-order valence-electron chi connectivity index (χ0n) is 17.3. The number of carbonyl (C=O) groups is 1. The van der Waals surface area contributed by atoms with E-state index in [1.165, 1.54) is 29.9 Å². The maximum Gasteiger partial charge on any atom is 0.317 e. The minimum Gasteiger partial charge on any atom is -0.336 e. The number of rotatable bonds is 9. The van der Waals surface area contributed by atoms with Crippen molar-refractivity contribution in [2.24, 2.45) is 0 Å². The lowest BCUT2D eigenvalue weighted by molar-refractivity contribution is 0.181. The Hall–Kier alpha value is -1.96. The van der Waals surface area contributed by atoms with Gasteiger partial charge in [-0.2, -0.15) is 0 Å². The Morgan fingerprint density at radius 2 is 1.90 bits per heavy atom. The van der Waals surface area contributed by atoms with Gasteiger partial charge in [0.15, 0.2) is 0 Å². The van der Waals surface area contributed by atoms with Gasteiger partial charge in [-0.15, -0.1) is 11.3 Å². The molecule has 0 saturated carbocycles. The number of nitrogens with zero attached hydrogens (tertiary/aromatic N) is 3. The first-order valence-corrected chi connectivity index (χ1v) is 11.1. The Labute approximate surface area is 177 Å². The van der Waals surface area contributed by atoms with Gasteiger partial charge in [0, 0.05) is 31.1 Å². The van der Waals surface area contributed by atoms with Crippen LogP contribution in [0.25, 0.3) is 0 Å². The fraction of sp³-hybridized carbons (Fsp3) is 0.500. The molecule has 0 radical (unpaired) electrons. The summed E-state index contributed by atoms with van der Waals surface area (Å²) in [4.78, 5) is 20.7. The molecule has 3 rings (SSSR count). The molecule has 1 aromatic heterocycles. The van der Waals surface area contributed by atoms with Crippen LogP contribution < -0.4 is 5.32 Å². The highest BCUT2D eigenvalue weighted by Crippen LogP contribution is 2.27. The molecule has 1 aliphatic heterocycles. The third-order valence-electron chi connectivity index (χ3n) is 5.29. The standard InChI is InChI=1S/C22H31FN4OS/c1-25(2)13-14-27(17-18-7-9-19(23)10-8-18)22(28)24-16-20(21-6-5-15-29-21)26-11-3-4-12-26/h5-10,15,20H,3-4,11-14,16-17H2,1-2H3,(H,24,28). The van der Waals surface area contributed by atoms with Gasteiger partial charge in [0.1, 0.15) is 5.82 Å². The summed E-state index contributed by atoms with van der Waals surface area (Å²) in [5.74, 6) is -0.262. The third-order valence-corrected chi connectivity index (χ3v) is 6.26. The summed E-state index contributed by atoms with van der Waals surface area (Å²) in [6, 6.07) is 10.7. The number of halogens is 1. The van der Waals surface area contributed by atoms with Gasteiger partial charge in [0.2, 0.25) is 0 Å². The molecule has 1 aromatic carbocycles. The largest absolute Gasteiger partial charge is 0.336 e. The number of thiophene rings is 1. The molecule has 7 heteroatoms. The van der Waals surface area contributed by atoms with Crippen LogP contribution in [0.5, 0.6) is 0 Å². The molecule has 1 aliphatic rings. The average molecular weight is 419 g/mol. The highest BCUT2D eigenvalue weighted by molar-refractivity contribution is 7.10. The number of likely N-dealkylation sites (N-methyl/N-ethyl adjacent to an activating group) is 1. The van der Waals surface area contributed by atoms with Crippen LogP contribution in [0.1, 0.15) is 29.3 Å². The van der Waals surface area contributed by atoms with Crippen LogP contribution in [0, 0.1) is 5.82 Å². The second-order valence-electron chi connectivity index (χ2n) is 7.81. The summed E-state index contributed by atoms with van der Waals surface area (Å²) in [5, 5.41) is 5.26. The fourth-order valence-corrected chi connectivity index (χ4v) is 4.48. The molecule has 2 heterocycles. The van der Waals surface area contributed by atoms with Crippen LogP contribution in [0.2, 0.25) is 0 Å². The monoisotopic (exact) mass is 418 g/mol. The predicted molar refractivity (Wildman–Crippen MR) is 117 cm³/mol. The zero-order chi connectivity index (χ0) is 20.6. The van der Waals surface area contributed by atoms with E-state index in [0.29, 0.717) is 19.6 Å². The van der Waals surface area contributed by atoms with Crippen molar-refractivity contribution >= 4 is 17.4 Å². The molecule has 5 nitrogen and oxygen atoms in total. The number of hydrogen-bond donors (Lipinski definition) is 1. The molecule has 158 valence electrons. The molecule has 29 heavy (non-hydrogen) atoms. The zero-order valence-corrected chi connectivity index (χ0v) is 18.1. The lowest BCUT2D eigenvalue weighted by atomic mass is 10.2. The second-order valence-corrected chi connectivity index (χ2v) is 8.79. The summed E-state index contributed by atoms with van der Waals surface area (Å²) in [6.45, 7) is 4.62. The molecular weight excluding hydrogens is 387 g/mol. The van der Waals surface area contributed by atoms with Crippen molar-refractivity contribution in [2.75, 3.05) is 46.8 Å². The van der Waals surface area contributed by atoms with Crippen molar-refractivity contribution < 1.29 is 9.18 Å². The van der Waals surface area contributed by atoms with Crippen molar-refractivity contribution in [1.29, 1.82) is 0 Å². The van der Waals surface area contributed by atoms with E-state index in [0.717, 1.165) is 25.2 Å². The number of carbonyl (C=O) groups excluding carboxylic acids is 1. The SMILES string of the molecule is CN(C)CCN(Cc1ccc(F)cc1)C(=O)NCC(c1cccs1)N1CCCC1. The topological polar surface area (TPSA) is 38.8 Å². The second kappa shape index (κ2) is 10.7. The van der Waals surface area contributed by atoms with Gasteiger partial charge in [0.05, 0.1) is 6.04 Å². The molecule has 2 amide bonds. The van der Waals surface area contributed by atoms with E-state index in [4.69, 9.17) is 0 Å². The summed E-state index contributed by atoms with van der Waals surface area (Å²) in [5.41, 5.74) is 0.926. The van der Waals surface area contributed by atoms with Crippen molar-refractivity contribution in [3.63, 3.8) is 0 Å². The van der Waals surface area contributed by atoms with E-state index >= 15 is 0 Å². The number of likely N-dealkylation sites (tertiary alicyclic amines) is 1. The van der Waals surface area contributed by atoms with Gasteiger partial charge in [-0.1, -0.05) is 18.2 Å². The summed E-state index contributed by atoms with van der Waals surface area (Å²) >= 11 is 1.75. The Morgan fingerprint density at radius 1 is 1.17 bits per heavy atom. The molecule has 1 N–H and O–H groups in total. The number of hydrogen-bond acceptors (Lipinski definition) is 4. The minimum absolute atomic E-state index is 0.0723. The van der Waals surface area contributed by atoms with E-state index in [9.17, 15) is 9.18 Å². The van der Waals surface area contributed by atoms with Crippen LogP contribution in [0.3, 0.4) is 0 Å². The van der Waals surface area contributed by atoms with Crippen LogP contribution in [-0.4, -0.2) is 67.5 Å². The van der Waals surface area contributed by atoms with E-state index in [2.05, 4.69) is 32.6 Å². The Bertz CT molecular complexity index is 745. The fourth-order valence-electron chi connectivity index (χ4n) is 3.62. The number of benzene rings is 1. The van der Waals surface area contributed by atoms with E-state index < -0.39 is 0 Å². The van der Waals surface area contributed by atoms with Gasteiger partial charge in [0.25, 0.3) is 0 Å². The van der Waals surface area contributed by atoms with E-state index in [1.807, 2.05) is 19.0 Å².